The van der Waals surface area contributed by atoms with Crippen LogP contribution >= 0.6 is 0 Å². The second-order valence-electron chi connectivity index (χ2n) is 4.49. The molecule has 1 aliphatic rings. The maximum atomic E-state index is 11.8. The Morgan fingerprint density at radius 3 is 2.76 bits per heavy atom. The van der Waals surface area contributed by atoms with Crippen LogP contribution in [-0.4, -0.2) is 49.6 Å². The van der Waals surface area contributed by atoms with Crippen LogP contribution in [0.15, 0.2) is 0 Å². The van der Waals surface area contributed by atoms with Gasteiger partial charge in [-0.1, -0.05) is 6.42 Å². The van der Waals surface area contributed by atoms with Gasteiger partial charge in [0.2, 0.25) is 5.91 Å². The Labute approximate surface area is 102 Å². The molecule has 2 unspecified atom stereocenters. The lowest BCUT2D eigenvalue weighted by molar-refractivity contribution is -0.143. The third-order valence-corrected chi connectivity index (χ3v) is 3.35. The number of nitrogens with zero attached hydrogens (tertiary/aromatic N) is 1. The Morgan fingerprint density at radius 1 is 1.47 bits per heavy atom. The van der Waals surface area contributed by atoms with Crippen molar-refractivity contribution in [3.63, 3.8) is 0 Å². The topological polar surface area (TPSA) is 58.6 Å². The van der Waals surface area contributed by atoms with Crippen molar-refractivity contribution in [2.75, 3.05) is 20.7 Å². The van der Waals surface area contributed by atoms with E-state index in [0.717, 1.165) is 25.8 Å². The van der Waals surface area contributed by atoms with Gasteiger partial charge in [-0.25, -0.2) is 0 Å². The van der Waals surface area contributed by atoms with Crippen LogP contribution in [0.2, 0.25) is 0 Å². The van der Waals surface area contributed by atoms with Gasteiger partial charge in [0, 0.05) is 13.1 Å². The molecule has 0 saturated carbocycles. The molecule has 98 valence electrons. The zero-order valence-corrected chi connectivity index (χ0v) is 10.9. The van der Waals surface area contributed by atoms with Crippen LogP contribution in [0.4, 0.5) is 0 Å². The van der Waals surface area contributed by atoms with E-state index in [0.29, 0.717) is 6.42 Å². The van der Waals surface area contributed by atoms with E-state index in [9.17, 15) is 9.59 Å². The number of hydrogen-bond donors (Lipinski definition) is 1. The zero-order valence-electron chi connectivity index (χ0n) is 10.9. The Balaban J connectivity index is 2.63. The molecular formula is C12H22N2O3. The number of amides is 1. The van der Waals surface area contributed by atoms with Gasteiger partial charge in [-0.3, -0.25) is 14.5 Å². The molecule has 1 heterocycles. The summed E-state index contributed by atoms with van der Waals surface area (Å²) in [5.41, 5.74) is 0. The molecule has 0 aromatic carbocycles. The van der Waals surface area contributed by atoms with E-state index in [4.69, 9.17) is 0 Å². The molecule has 5 nitrogen and oxygen atoms in total. The number of carbonyl (C=O) groups is 2. The molecule has 1 saturated heterocycles. The van der Waals surface area contributed by atoms with E-state index in [1.165, 1.54) is 7.11 Å². The van der Waals surface area contributed by atoms with Gasteiger partial charge >= 0.3 is 5.97 Å². The van der Waals surface area contributed by atoms with Crippen LogP contribution in [0.3, 0.4) is 0 Å². The van der Waals surface area contributed by atoms with Crippen molar-refractivity contribution in [3.8, 4) is 0 Å². The van der Waals surface area contributed by atoms with Crippen molar-refractivity contribution in [1.82, 2.24) is 10.2 Å². The zero-order chi connectivity index (χ0) is 12.8. The highest BCUT2D eigenvalue weighted by Crippen LogP contribution is 2.21. The van der Waals surface area contributed by atoms with Crippen molar-refractivity contribution >= 4 is 11.9 Å². The first-order valence-corrected chi connectivity index (χ1v) is 6.14. The van der Waals surface area contributed by atoms with Gasteiger partial charge in [-0.2, -0.15) is 0 Å². The molecule has 1 amide bonds. The maximum absolute atomic E-state index is 11.8. The smallest absolute Gasteiger partial charge is 0.307 e. The van der Waals surface area contributed by atoms with Gasteiger partial charge in [-0.15, -0.1) is 0 Å². The molecule has 17 heavy (non-hydrogen) atoms. The van der Waals surface area contributed by atoms with Crippen molar-refractivity contribution in [3.05, 3.63) is 0 Å². The molecule has 1 rings (SSSR count). The number of likely N-dealkylation sites (tertiary alicyclic amines) is 1. The molecule has 2 atom stereocenters. The van der Waals surface area contributed by atoms with Crippen LogP contribution in [-0.2, 0) is 14.3 Å². The SMILES string of the molecule is CNC(=O)C1CCCCN1C(C)CC(=O)OC. The van der Waals surface area contributed by atoms with Gasteiger partial charge < -0.3 is 10.1 Å². The number of ether oxygens (including phenoxy) is 1. The Hall–Kier alpha value is -1.10. The molecule has 1 N–H and O–H groups in total. The fourth-order valence-electron chi connectivity index (χ4n) is 2.37. The van der Waals surface area contributed by atoms with Crippen molar-refractivity contribution in [2.24, 2.45) is 0 Å². The standard InChI is InChI=1S/C12H22N2O3/c1-9(8-11(15)17-3)14-7-5-4-6-10(14)12(16)13-2/h9-10H,4-8H2,1-3H3,(H,13,16). The van der Waals surface area contributed by atoms with Crippen LogP contribution in [0.25, 0.3) is 0 Å². The summed E-state index contributed by atoms with van der Waals surface area (Å²) in [6.45, 7) is 2.84. The Morgan fingerprint density at radius 2 is 2.18 bits per heavy atom. The first-order chi connectivity index (χ1) is 8.10. The van der Waals surface area contributed by atoms with E-state index in [2.05, 4.69) is 15.0 Å². The minimum atomic E-state index is -0.223. The quantitative estimate of drug-likeness (QED) is 0.731. The second kappa shape index (κ2) is 6.59. The molecule has 0 bridgehead atoms. The number of hydrogen-bond acceptors (Lipinski definition) is 4. The molecule has 5 heteroatoms. The number of esters is 1. The minimum Gasteiger partial charge on any atom is -0.469 e. The molecule has 0 spiro atoms. The summed E-state index contributed by atoms with van der Waals surface area (Å²) in [6, 6.07) is -0.0570. The fourth-order valence-corrected chi connectivity index (χ4v) is 2.37. The van der Waals surface area contributed by atoms with Crippen LogP contribution < -0.4 is 5.32 Å². The van der Waals surface area contributed by atoms with Crippen LogP contribution in [0, 0.1) is 0 Å². The van der Waals surface area contributed by atoms with Gasteiger partial charge in [0.05, 0.1) is 19.6 Å². The van der Waals surface area contributed by atoms with E-state index in [1.807, 2.05) is 6.92 Å². The summed E-state index contributed by atoms with van der Waals surface area (Å²) in [7, 11) is 3.04. The first kappa shape index (κ1) is 14.0. The largest absolute Gasteiger partial charge is 0.469 e. The Kier molecular flexibility index (Phi) is 5.41. The van der Waals surface area contributed by atoms with Crippen molar-refractivity contribution in [2.45, 2.75) is 44.7 Å². The number of carbonyl (C=O) groups excluding carboxylic acids is 2. The lowest BCUT2D eigenvalue weighted by Gasteiger charge is -2.38. The summed E-state index contributed by atoms with van der Waals surface area (Å²) in [5, 5.41) is 2.69. The van der Waals surface area contributed by atoms with Gasteiger partial charge in [0.25, 0.3) is 0 Å². The summed E-state index contributed by atoms with van der Waals surface area (Å²) in [6.07, 6.45) is 3.35. The highest BCUT2D eigenvalue weighted by molar-refractivity contribution is 5.81. The first-order valence-electron chi connectivity index (χ1n) is 6.14. The van der Waals surface area contributed by atoms with Gasteiger partial charge in [0.1, 0.15) is 0 Å². The third-order valence-electron chi connectivity index (χ3n) is 3.35. The monoisotopic (exact) mass is 242 g/mol. The molecule has 0 radical (unpaired) electrons. The fraction of sp³-hybridized carbons (Fsp3) is 0.833. The van der Waals surface area contributed by atoms with Crippen molar-refractivity contribution in [1.29, 1.82) is 0 Å². The van der Waals surface area contributed by atoms with Crippen molar-refractivity contribution < 1.29 is 14.3 Å². The van der Waals surface area contributed by atoms with E-state index in [1.54, 1.807) is 7.05 Å². The molecule has 1 fully saturated rings. The molecule has 1 aliphatic heterocycles. The van der Waals surface area contributed by atoms with E-state index in [-0.39, 0.29) is 24.0 Å². The lowest BCUT2D eigenvalue weighted by atomic mass is 9.98. The molecule has 0 aliphatic carbocycles. The number of methoxy groups -OCH3 is 1. The number of likely N-dealkylation sites (N-methyl/N-ethyl adjacent to an activating group) is 1. The van der Waals surface area contributed by atoms with Gasteiger partial charge in [-0.05, 0) is 26.3 Å². The third kappa shape index (κ3) is 3.70. The average Bonchev–Trinajstić information content (AvgIpc) is 2.37. The summed E-state index contributed by atoms with van der Waals surface area (Å²) in [5.74, 6) is -0.180. The van der Waals surface area contributed by atoms with Crippen LogP contribution in [0.1, 0.15) is 32.6 Å². The average molecular weight is 242 g/mol. The molecule has 0 aromatic rings. The summed E-state index contributed by atoms with van der Waals surface area (Å²) in [4.78, 5) is 25.1. The number of rotatable bonds is 4. The molecule has 0 aromatic heterocycles. The van der Waals surface area contributed by atoms with E-state index >= 15 is 0 Å². The minimum absolute atomic E-state index is 0.0430. The highest BCUT2D eigenvalue weighted by Gasteiger charge is 2.31. The predicted octanol–water partition coefficient (Wildman–Crippen LogP) is 0.538. The van der Waals surface area contributed by atoms with Crippen LogP contribution in [0.5, 0.6) is 0 Å². The summed E-state index contributed by atoms with van der Waals surface area (Å²) >= 11 is 0. The lowest BCUT2D eigenvalue weighted by Crippen LogP contribution is -2.52. The number of piperidine rings is 1. The van der Waals surface area contributed by atoms with Gasteiger partial charge in [0.15, 0.2) is 0 Å². The highest BCUT2D eigenvalue weighted by atomic mass is 16.5. The summed E-state index contributed by atoms with van der Waals surface area (Å²) < 4.78 is 4.67. The van der Waals surface area contributed by atoms with E-state index < -0.39 is 0 Å². The number of nitrogens with one attached hydrogen (secondary N) is 1. The molecular weight excluding hydrogens is 220 g/mol. The predicted molar refractivity (Wildman–Crippen MR) is 64.5 cm³/mol. The maximum Gasteiger partial charge on any atom is 0.307 e. The normalized spacial score (nSPS) is 22.9. The Bertz CT molecular complexity index is 281. The second-order valence-corrected chi connectivity index (χ2v) is 4.49.